The van der Waals surface area contributed by atoms with E-state index in [1.807, 2.05) is 0 Å². The molecule has 0 amide bonds. The van der Waals surface area contributed by atoms with Gasteiger partial charge < -0.3 is 14.9 Å². The molecule has 0 aliphatic rings. The Kier molecular flexibility index (Phi) is 3.45. The van der Waals surface area contributed by atoms with E-state index in [1.54, 1.807) is 20.8 Å². The molecule has 0 unspecified atom stereocenters. The highest BCUT2D eigenvalue weighted by Gasteiger charge is 2.25. The largest absolute Gasteiger partial charge is 0.507 e. The Morgan fingerprint density at radius 2 is 1.83 bits per heavy atom. The smallest absolute Gasteiger partial charge is 0.342 e. The molecular weight excluding hydrogens is 242 g/mol. The summed E-state index contributed by atoms with van der Waals surface area (Å²) in [6.45, 7) is 4.87. The molecule has 1 aromatic rings. The second-order valence-corrected chi connectivity index (χ2v) is 4.62. The number of aromatic hydroxyl groups is 2. The average molecular weight is 255 g/mol. The summed E-state index contributed by atoms with van der Waals surface area (Å²) in [6.07, 6.45) is 0. The molecule has 0 aromatic heterocycles. The normalized spacial score (nSPS) is 11.1. The van der Waals surface area contributed by atoms with Gasteiger partial charge >= 0.3 is 11.7 Å². The van der Waals surface area contributed by atoms with Crippen LogP contribution in [0.3, 0.4) is 0 Å². The molecule has 0 saturated heterocycles. The van der Waals surface area contributed by atoms with Gasteiger partial charge in [0.2, 0.25) is 0 Å². The number of esters is 1. The Morgan fingerprint density at radius 1 is 1.28 bits per heavy atom. The van der Waals surface area contributed by atoms with Crippen LogP contribution in [0.2, 0.25) is 0 Å². The van der Waals surface area contributed by atoms with Gasteiger partial charge in [-0.15, -0.1) is 0 Å². The molecule has 0 radical (unpaired) electrons. The van der Waals surface area contributed by atoms with Crippen LogP contribution in [-0.2, 0) is 4.74 Å². The third-order valence-electron chi connectivity index (χ3n) is 1.91. The number of rotatable bonds is 2. The number of phenols is 2. The van der Waals surface area contributed by atoms with E-state index in [1.165, 1.54) is 0 Å². The summed E-state index contributed by atoms with van der Waals surface area (Å²) in [7, 11) is 0. The van der Waals surface area contributed by atoms with Crippen molar-refractivity contribution in [1.82, 2.24) is 0 Å². The maximum Gasteiger partial charge on any atom is 0.342 e. The highest BCUT2D eigenvalue weighted by Crippen LogP contribution is 2.33. The van der Waals surface area contributed by atoms with Gasteiger partial charge in [0.15, 0.2) is 5.75 Å². The first-order valence-corrected chi connectivity index (χ1v) is 5.05. The van der Waals surface area contributed by atoms with Crippen molar-refractivity contribution in [3.63, 3.8) is 0 Å². The van der Waals surface area contributed by atoms with E-state index in [2.05, 4.69) is 0 Å². The number of carbonyl (C=O) groups excluding carboxylic acids is 1. The van der Waals surface area contributed by atoms with E-state index < -0.39 is 33.7 Å². The predicted molar refractivity (Wildman–Crippen MR) is 61.6 cm³/mol. The molecule has 0 heterocycles. The lowest BCUT2D eigenvalue weighted by Gasteiger charge is -2.19. The SMILES string of the molecule is CC(C)(C)OC(=O)c1cc([N+](=O)[O-])c(O)cc1O. The van der Waals surface area contributed by atoms with Gasteiger partial charge in [0, 0.05) is 12.1 Å². The topological polar surface area (TPSA) is 110 Å². The Labute approximate surface area is 103 Å². The lowest BCUT2D eigenvalue weighted by Crippen LogP contribution is -2.24. The molecule has 1 aromatic carbocycles. The first-order chi connectivity index (χ1) is 8.11. The number of benzene rings is 1. The molecule has 7 nitrogen and oxygen atoms in total. The standard InChI is InChI=1S/C11H13NO6/c1-11(2,3)18-10(15)6-4-7(12(16)17)9(14)5-8(6)13/h4-5,13-14H,1-3H3. The molecule has 98 valence electrons. The molecule has 0 bridgehead atoms. The Hall–Kier alpha value is -2.31. The Bertz CT molecular complexity index is 503. The minimum atomic E-state index is -0.900. The number of hydrogen-bond donors (Lipinski definition) is 2. The number of carbonyl (C=O) groups is 1. The Morgan fingerprint density at radius 3 is 2.28 bits per heavy atom. The van der Waals surface area contributed by atoms with Crippen molar-refractivity contribution < 1.29 is 24.7 Å². The summed E-state index contributed by atoms with van der Waals surface area (Å²) < 4.78 is 4.98. The molecule has 0 atom stereocenters. The zero-order chi connectivity index (χ0) is 14.1. The molecule has 0 saturated carbocycles. The lowest BCUT2D eigenvalue weighted by atomic mass is 10.1. The van der Waals surface area contributed by atoms with Gasteiger partial charge in [0.1, 0.15) is 16.9 Å². The fraction of sp³-hybridized carbons (Fsp3) is 0.364. The molecule has 18 heavy (non-hydrogen) atoms. The fourth-order valence-electron chi connectivity index (χ4n) is 1.21. The number of hydrogen-bond acceptors (Lipinski definition) is 6. The summed E-state index contributed by atoms with van der Waals surface area (Å²) in [4.78, 5) is 21.4. The maximum absolute atomic E-state index is 11.7. The van der Waals surface area contributed by atoms with Crippen LogP contribution in [0.5, 0.6) is 11.5 Å². The fourth-order valence-corrected chi connectivity index (χ4v) is 1.21. The van der Waals surface area contributed by atoms with Gasteiger partial charge in [-0.3, -0.25) is 10.1 Å². The third-order valence-corrected chi connectivity index (χ3v) is 1.91. The summed E-state index contributed by atoms with van der Waals surface area (Å²) in [5.41, 5.74) is -1.83. The predicted octanol–water partition coefficient (Wildman–Crippen LogP) is 1.96. The molecular formula is C11H13NO6. The number of ether oxygens (including phenoxy) is 1. The lowest BCUT2D eigenvalue weighted by molar-refractivity contribution is -0.385. The average Bonchev–Trinajstić information content (AvgIpc) is 2.13. The van der Waals surface area contributed by atoms with E-state index in [0.29, 0.717) is 0 Å². The van der Waals surface area contributed by atoms with Crippen LogP contribution < -0.4 is 0 Å². The van der Waals surface area contributed by atoms with E-state index in [9.17, 15) is 25.1 Å². The van der Waals surface area contributed by atoms with Crippen molar-refractivity contribution in [2.24, 2.45) is 0 Å². The number of nitro benzene ring substituents is 1. The van der Waals surface area contributed by atoms with Crippen LogP contribution in [0.1, 0.15) is 31.1 Å². The van der Waals surface area contributed by atoms with Gasteiger partial charge in [-0.2, -0.15) is 0 Å². The van der Waals surface area contributed by atoms with Crippen LogP contribution >= 0.6 is 0 Å². The third kappa shape index (κ3) is 3.09. The molecule has 0 spiro atoms. The monoisotopic (exact) mass is 255 g/mol. The number of nitro groups is 1. The van der Waals surface area contributed by atoms with E-state index in [4.69, 9.17) is 4.74 Å². The molecule has 0 fully saturated rings. The van der Waals surface area contributed by atoms with Gasteiger partial charge in [0.25, 0.3) is 0 Å². The second-order valence-electron chi connectivity index (χ2n) is 4.62. The van der Waals surface area contributed by atoms with E-state index in [-0.39, 0.29) is 5.56 Å². The molecule has 0 aliphatic heterocycles. The van der Waals surface area contributed by atoms with Gasteiger partial charge in [0.05, 0.1) is 4.92 Å². The molecule has 0 aliphatic carbocycles. The van der Waals surface area contributed by atoms with Crippen LogP contribution in [-0.4, -0.2) is 26.7 Å². The second kappa shape index (κ2) is 4.52. The van der Waals surface area contributed by atoms with Crippen molar-refractivity contribution in [2.45, 2.75) is 26.4 Å². The summed E-state index contributed by atoms with van der Waals surface area (Å²) >= 11 is 0. The molecule has 2 N–H and O–H groups in total. The molecule has 1 rings (SSSR count). The van der Waals surface area contributed by atoms with Crippen LogP contribution in [0.4, 0.5) is 5.69 Å². The van der Waals surface area contributed by atoms with E-state index >= 15 is 0 Å². The number of phenolic OH excluding ortho intramolecular Hbond substituents is 2. The first kappa shape index (κ1) is 13.8. The van der Waals surface area contributed by atoms with Crippen LogP contribution in [0, 0.1) is 10.1 Å². The molecule has 7 heteroatoms. The van der Waals surface area contributed by atoms with Crippen molar-refractivity contribution in [3.05, 3.63) is 27.8 Å². The zero-order valence-corrected chi connectivity index (χ0v) is 10.1. The van der Waals surface area contributed by atoms with Crippen molar-refractivity contribution >= 4 is 11.7 Å². The van der Waals surface area contributed by atoms with Gasteiger partial charge in [-0.25, -0.2) is 4.79 Å². The Balaban J connectivity index is 3.21. The van der Waals surface area contributed by atoms with Crippen LogP contribution in [0.25, 0.3) is 0 Å². The quantitative estimate of drug-likeness (QED) is 0.475. The highest BCUT2D eigenvalue weighted by molar-refractivity contribution is 5.94. The minimum absolute atomic E-state index is 0.366. The summed E-state index contributed by atoms with van der Waals surface area (Å²) in [5.74, 6) is -2.19. The maximum atomic E-state index is 11.7. The van der Waals surface area contributed by atoms with Crippen LogP contribution in [0.15, 0.2) is 12.1 Å². The highest BCUT2D eigenvalue weighted by atomic mass is 16.6. The summed E-state index contributed by atoms with van der Waals surface area (Å²) in [6, 6.07) is 1.51. The van der Waals surface area contributed by atoms with Crippen molar-refractivity contribution in [3.8, 4) is 11.5 Å². The van der Waals surface area contributed by atoms with Gasteiger partial charge in [-0.05, 0) is 20.8 Å². The van der Waals surface area contributed by atoms with E-state index in [0.717, 1.165) is 12.1 Å². The first-order valence-electron chi connectivity index (χ1n) is 5.05. The minimum Gasteiger partial charge on any atom is -0.507 e. The van der Waals surface area contributed by atoms with Gasteiger partial charge in [-0.1, -0.05) is 0 Å². The van der Waals surface area contributed by atoms with Crippen molar-refractivity contribution in [1.29, 1.82) is 0 Å². The van der Waals surface area contributed by atoms with Crippen molar-refractivity contribution in [2.75, 3.05) is 0 Å². The number of nitrogens with zero attached hydrogens (tertiary/aromatic N) is 1. The zero-order valence-electron chi connectivity index (χ0n) is 10.1. The summed E-state index contributed by atoms with van der Waals surface area (Å²) in [5, 5.41) is 29.3.